The van der Waals surface area contributed by atoms with Crippen molar-refractivity contribution in [3.8, 4) is 17.4 Å². The Balaban J connectivity index is 1.37. The Hall–Kier alpha value is -4.70. The maximum atomic E-state index is 14.1. The van der Waals surface area contributed by atoms with Crippen molar-refractivity contribution < 1.29 is 19.1 Å². The van der Waals surface area contributed by atoms with Crippen LogP contribution in [0.3, 0.4) is 0 Å². The summed E-state index contributed by atoms with van der Waals surface area (Å²) in [5.41, 5.74) is 4.56. The van der Waals surface area contributed by atoms with Gasteiger partial charge in [0.15, 0.2) is 5.78 Å². The number of benzene rings is 2. The Morgan fingerprint density at radius 3 is 2.24 bits per heavy atom. The van der Waals surface area contributed by atoms with Crippen LogP contribution in [-0.2, 0) is 5.41 Å². The monoisotopic (exact) mass is 610 g/mol. The largest absolute Gasteiger partial charge is 0.481 e. The first kappa shape index (κ1) is 31.7. The zero-order chi connectivity index (χ0) is 32.1. The van der Waals surface area contributed by atoms with Crippen molar-refractivity contribution in [2.24, 2.45) is 5.92 Å². The predicted octanol–water partition coefficient (Wildman–Crippen LogP) is 6.50. The molecule has 5 rings (SSSR count). The average Bonchev–Trinajstić information content (AvgIpc) is 3.46. The van der Waals surface area contributed by atoms with E-state index < -0.39 is 11.9 Å². The number of carbonyl (C=O) groups excluding carboxylic acids is 2. The predicted molar refractivity (Wildman–Crippen MR) is 176 cm³/mol. The van der Waals surface area contributed by atoms with Gasteiger partial charge in [-0.05, 0) is 74.7 Å². The van der Waals surface area contributed by atoms with Gasteiger partial charge in [-0.2, -0.15) is 10.1 Å². The zero-order valence-corrected chi connectivity index (χ0v) is 26.8. The normalized spacial score (nSPS) is 14.4. The van der Waals surface area contributed by atoms with E-state index in [1.54, 1.807) is 16.8 Å². The van der Waals surface area contributed by atoms with Gasteiger partial charge in [-0.15, -0.1) is 0 Å². The van der Waals surface area contributed by atoms with Crippen LogP contribution in [0.25, 0.3) is 5.69 Å². The molecule has 1 saturated heterocycles. The number of aryl methyl sites for hydroxylation is 1. The molecule has 1 aliphatic rings. The van der Waals surface area contributed by atoms with Crippen molar-refractivity contribution in [2.75, 3.05) is 37.9 Å². The maximum absolute atomic E-state index is 14.1. The van der Waals surface area contributed by atoms with Gasteiger partial charge >= 0.3 is 6.03 Å². The number of anilines is 2. The van der Waals surface area contributed by atoms with Gasteiger partial charge in [0.2, 0.25) is 11.8 Å². The van der Waals surface area contributed by atoms with E-state index in [0.29, 0.717) is 22.9 Å². The highest BCUT2D eigenvalue weighted by Crippen LogP contribution is 2.37. The highest BCUT2D eigenvalue weighted by Gasteiger charge is 2.33. The van der Waals surface area contributed by atoms with E-state index in [9.17, 15) is 9.59 Å². The summed E-state index contributed by atoms with van der Waals surface area (Å²) in [5.74, 6) is 0.896. The van der Waals surface area contributed by atoms with Crippen LogP contribution in [0.4, 0.5) is 16.3 Å². The second kappa shape index (κ2) is 13.5. The molecular formula is C35H42N6O4. The summed E-state index contributed by atoms with van der Waals surface area (Å²) in [5, 5.41) is 14.1. The van der Waals surface area contributed by atoms with Gasteiger partial charge in [0.25, 0.3) is 0 Å². The molecule has 3 N–H and O–H groups in total. The van der Waals surface area contributed by atoms with E-state index in [1.165, 1.54) is 14.2 Å². The molecule has 2 aromatic heterocycles. The Bertz CT molecular complexity index is 1630. The van der Waals surface area contributed by atoms with Crippen LogP contribution >= 0.6 is 0 Å². The summed E-state index contributed by atoms with van der Waals surface area (Å²) >= 11 is 0. The molecule has 0 radical (unpaired) electrons. The van der Waals surface area contributed by atoms with Crippen molar-refractivity contribution in [3.63, 3.8) is 0 Å². The minimum Gasteiger partial charge on any atom is -0.481 e. The molecule has 1 aliphatic heterocycles. The van der Waals surface area contributed by atoms with Crippen LogP contribution in [0.5, 0.6) is 11.8 Å². The number of nitrogens with one attached hydrogen (secondary N) is 3. The molecule has 0 aliphatic carbocycles. The van der Waals surface area contributed by atoms with Gasteiger partial charge in [0, 0.05) is 23.2 Å². The molecule has 1 unspecified atom stereocenters. The molecular weight excluding hydrogens is 568 g/mol. The van der Waals surface area contributed by atoms with E-state index in [0.717, 1.165) is 48.4 Å². The zero-order valence-electron chi connectivity index (χ0n) is 26.8. The second-order valence-electron chi connectivity index (χ2n) is 12.5. The third kappa shape index (κ3) is 7.34. The number of nitrogens with zero attached hydrogens (tertiary/aromatic N) is 3. The van der Waals surface area contributed by atoms with E-state index in [-0.39, 0.29) is 23.0 Å². The number of hydrogen-bond acceptors (Lipinski definition) is 7. The summed E-state index contributed by atoms with van der Waals surface area (Å²) in [6, 6.07) is 20.4. The number of urea groups is 1. The van der Waals surface area contributed by atoms with E-state index in [1.807, 2.05) is 61.5 Å². The number of ether oxygens (including phenoxy) is 2. The lowest BCUT2D eigenvalue weighted by Crippen LogP contribution is -2.33. The molecule has 10 nitrogen and oxygen atoms in total. The minimum absolute atomic E-state index is 0.0497. The van der Waals surface area contributed by atoms with Crippen LogP contribution in [-0.4, -0.2) is 53.9 Å². The number of carbonyl (C=O) groups is 2. The van der Waals surface area contributed by atoms with Crippen LogP contribution in [0.1, 0.15) is 66.7 Å². The lowest BCUT2D eigenvalue weighted by molar-refractivity contribution is 0.0912. The molecule has 3 heterocycles. The molecule has 1 fully saturated rings. The summed E-state index contributed by atoms with van der Waals surface area (Å²) in [4.78, 5) is 31.6. The van der Waals surface area contributed by atoms with E-state index in [4.69, 9.17) is 14.6 Å². The number of piperidine rings is 1. The van der Waals surface area contributed by atoms with Gasteiger partial charge in [-0.25, -0.2) is 9.48 Å². The molecule has 0 saturated carbocycles. The minimum atomic E-state index is -0.392. The van der Waals surface area contributed by atoms with Crippen molar-refractivity contribution in [1.29, 1.82) is 0 Å². The highest BCUT2D eigenvalue weighted by molar-refractivity contribution is 6.03. The van der Waals surface area contributed by atoms with Crippen molar-refractivity contribution in [1.82, 2.24) is 20.1 Å². The third-order valence-corrected chi connectivity index (χ3v) is 8.17. The lowest BCUT2D eigenvalue weighted by Gasteiger charge is -2.30. The summed E-state index contributed by atoms with van der Waals surface area (Å²) in [7, 11) is 3.03. The van der Waals surface area contributed by atoms with Crippen molar-refractivity contribution in [2.45, 2.75) is 51.9 Å². The summed E-state index contributed by atoms with van der Waals surface area (Å²) < 4.78 is 12.5. The quantitative estimate of drug-likeness (QED) is 0.185. The van der Waals surface area contributed by atoms with E-state index >= 15 is 0 Å². The summed E-state index contributed by atoms with van der Waals surface area (Å²) in [6.07, 6.45) is 1.74. The number of aromatic nitrogens is 3. The van der Waals surface area contributed by atoms with E-state index in [2.05, 4.69) is 41.7 Å². The maximum Gasteiger partial charge on any atom is 0.324 e. The molecule has 1 atom stereocenters. The lowest BCUT2D eigenvalue weighted by atomic mass is 9.76. The fourth-order valence-corrected chi connectivity index (χ4v) is 5.63. The first-order chi connectivity index (χ1) is 21.6. The molecule has 2 aromatic carbocycles. The number of methoxy groups -OCH3 is 2. The van der Waals surface area contributed by atoms with Crippen LogP contribution in [0.15, 0.2) is 66.7 Å². The molecule has 0 spiro atoms. The van der Waals surface area contributed by atoms with Crippen LogP contribution < -0.4 is 25.4 Å². The van der Waals surface area contributed by atoms with Gasteiger partial charge in [0.1, 0.15) is 5.82 Å². The van der Waals surface area contributed by atoms with Gasteiger partial charge in [-0.1, -0.05) is 50.6 Å². The second-order valence-corrected chi connectivity index (χ2v) is 12.5. The summed E-state index contributed by atoms with van der Waals surface area (Å²) in [6.45, 7) is 9.99. The van der Waals surface area contributed by atoms with Crippen molar-refractivity contribution in [3.05, 3.63) is 89.1 Å². The Morgan fingerprint density at radius 1 is 0.933 bits per heavy atom. The van der Waals surface area contributed by atoms with Crippen LogP contribution in [0, 0.1) is 12.8 Å². The standard InChI is InChI=1S/C35H42N6O4/c1-22-7-13-26(14-8-22)41-29(21-28(40-41)35(2,3)4)38-34(43)37-25-11-9-23(10-12-25)31(24-17-19-36-20-18-24)32(42)27-15-16-30(44-5)39-33(27)45-6/h7-16,21,24,31,36H,17-20H2,1-6H3,(H2,37,38,43). The average molecular weight is 611 g/mol. The molecule has 45 heavy (non-hydrogen) atoms. The Kier molecular flexibility index (Phi) is 9.53. The van der Waals surface area contributed by atoms with Gasteiger partial charge < -0.3 is 20.1 Å². The first-order valence-electron chi connectivity index (χ1n) is 15.3. The fourth-order valence-electron chi connectivity index (χ4n) is 5.63. The number of amides is 2. The SMILES string of the molecule is COc1ccc(C(=O)C(c2ccc(NC(=O)Nc3cc(C(C)(C)C)nn3-c3ccc(C)cc3)cc2)C2CCNCC2)c(OC)n1. The molecule has 10 heteroatoms. The molecule has 0 bridgehead atoms. The van der Waals surface area contributed by atoms with Crippen LogP contribution in [0.2, 0.25) is 0 Å². The Labute approximate surface area is 264 Å². The molecule has 2 amide bonds. The van der Waals surface area contributed by atoms with Gasteiger partial charge in [0.05, 0.1) is 37.1 Å². The number of pyridine rings is 1. The molecule has 4 aromatic rings. The highest BCUT2D eigenvalue weighted by atomic mass is 16.5. The smallest absolute Gasteiger partial charge is 0.324 e. The number of Topliss-reactive ketones (excluding diaryl/α,β-unsaturated/α-hetero) is 1. The molecule has 236 valence electrons. The third-order valence-electron chi connectivity index (χ3n) is 8.17. The first-order valence-corrected chi connectivity index (χ1v) is 15.3. The Morgan fingerprint density at radius 2 is 1.62 bits per heavy atom. The topological polar surface area (TPSA) is 119 Å². The number of rotatable bonds is 9. The van der Waals surface area contributed by atoms with Crippen molar-refractivity contribution >= 4 is 23.3 Å². The van der Waals surface area contributed by atoms with Gasteiger partial charge in [-0.3, -0.25) is 10.1 Å². The number of hydrogen-bond donors (Lipinski definition) is 3. The number of ketones is 1. The fraction of sp³-hybridized carbons (Fsp3) is 0.371.